The number of rotatable bonds is 3. The van der Waals surface area contributed by atoms with Gasteiger partial charge in [0.1, 0.15) is 11.2 Å². The third kappa shape index (κ3) is 3.42. The van der Waals surface area contributed by atoms with Gasteiger partial charge in [0.2, 0.25) is 23.6 Å². The van der Waals surface area contributed by atoms with Gasteiger partial charge in [-0.15, -0.1) is 10.2 Å². The van der Waals surface area contributed by atoms with E-state index in [-0.39, 0.29) is 18.3 Å². The summed E-state index contributed by atoms with van der Waals surface area (Å²) in [5, 5.41) is 10.3. The van der Waals surface area contributed by atoms with Crippen molar-refractivity contribution in [2.75, 3.05) is 11.4 Å². The quantitative estimate of drug-likeness (QED) is 0.739. The molecular weight excluding hydrogens is 400 g/mol. The standard InChI is InChI=1S/C22H26N4O5/c1-11-10-26-18-7-6-16(20-25-24-15(5)31-20)8-17(18)9-22(13(3)27,19(26)12(2)30-11)21(29)23-14(4)28/h6-8,11-12,19H,9-10H2,1-5H3,(H,23,28,29)/t11-,12+,19-,22+/m1/s1. The fourth-order valence-corrected chi connectivity index (χ4v) is 4.98. The summed E-state index contributed by atoms with van der Waals surface area (Å²) in [6, 6.07) is 5.19. The lowest BCUT2D eigenvalue weighted by Gasteiger charge is -2.54. The Morgan fingerprint density at radius 2 is 1.94 bits per heavy atom. The number of Topliss-reactive ketones (excluding diaryl/α,β-unsaturated/α-hetero) is 1. The Morgan fingerprint density at radius 1 is 1.19 bits per heavy atom. The van der Waals surface area contributed by atoms with Crippen LogP contribution in [0.4, 0.5) is 5.69 Å². The van der Waals surface area contributed by atoms with Crippen molar-refractivity contribution in [2.45, 2.75) is 59.3 Å². The zero-order valence-electron chi connectivity index (χ0n) is 18.3. The summed E-state index contributed by atoms with van der Waals surface area (Å²) in [4.78, 5) is 40.2. The van der Waals surface area contributed by atoms with Gasteiger partial charge in [-0.1, -0.05) is 0 Å². The number of ether oxygens (including phenoxy) is 1. The summed E-state index contributed by atoms with van der Waals surface area (Å²) in [5.74, 6) is -0.598. The van der Waals surface area contributed by atoms with Crippen LogP contribution in [0, 0.1) is 12.3 Å². The van der Waals surface area contributed by atoms with Gasteiger partial charge in [0, 0.05) is 31.6 Å². The van der Waals surface area contributed by atoms with E-state index in [1.54, 1.807) is 6.92 Å². The summed E-state index contributed by atoms with van der Waals surface area (Å²) in [5.41, 5.74) is 0.970. The van der Waals surface area contributed by atoms with Gasteiger partial charge in [-0.3, -0.25) is 19.7 Å². The van der Waals surface area contributed by atoms with Crippen molar-refractivity contribution < 1.29 is 23.5 Å². The van der Waals surface area contributed by atoms with Gasteiger partial charge in [0.25, 0.3) is 0 Å². The molecule has 0 bridgehead atoms. The van der Waals surface area contributed by atoms with E-state index in [9.17, 15) is 14.4 Å². The lowest BCUT2D eigenvalue weighted by atomic mass is 9.65. The van der Waals surface area contributed by atoms with E-state index >= 15 is 0 Å². The molecule has 9 heteroatoms. The summed E-state index contributed by atoms with van der Waals surface area (Å²) in [6.45, 7) is 8.72. The third-order valence-electron chi connectivity index (χ3n) is 6.14. The number of nitrogens with one attached hydrogen (secondary N) is 1. The zero-order valence-corrected chi connectivity index (χ0v) is 18.3. The van der Waals surface area contributed by atoms with E-state index in [1.165, 1.54) is 13.8 Å². The van der Waals surface area contributed by atoms with Crippen LogP contribution in [-0.4, -0.2) is 52.6 Å². The van der Waals surface area contributed by atoms with Crippen LogP contribution < -0.4 is 10.2 Å². The molecule has 31 heavy (non-hydrogen) atoms. The number of imide groups is 1. The molecule has 1 N–H and O–H groups in total. The van der Waals surface area contributed by atoms with E-state index in [0.29, 0.717) is 23.9 Å². The van der Waals surface area contributed by atoms with E-state index in [4.69, 9.17) is 9.15 Å². The average molecular weight is 426 g/mol. The highest BCUT2D eigenvalue weighted by molar-refractivity contribution is 6.11. The van der Waals surface area contributed by atoms with E-state index in [0.717, 1.165) is 11.3 Å². The minimum atomic E-state index is -1.47. The number of hydrogen-bond donors (Lipinski definition) is 1. The lowest BCUT2D eigenvalue weighted by Crippen LogP contribution is -2.69. The summed E-state index contributed by atoms with van der Waals surface area (Å²) in [6.07, 6.45) is -0.339. The molecule has 0 spiro atoms. The van der Waals surface area contributed by atoms with Crippen LogP contribution in [0.25, 0.3) is 11.5 Å². The number of carbonyl (C=O) groups excluding carboxylic acids is 3. The number of anilines is 1. The lowest BCUT2D eigenvalue weighted by molar-refractivity contribution is -0.151. The van der Waals surface area contributed by atoms with Crippen molar-refractivity contribution in [3.8, 4) is 11.5 Å². The smallest absolute Gasteiger partial charge is 0.247 e. The normalized spacial score (nSPS) is 27.3. The fraction of sp³-hybridized carbons (Fsp3) is 0.500. The molecule has 2 aliphatic heterocycles. The molecule has 1 saturated heterocycles. The monoisotopic (exact) mass is 426 g/mol. The first-order chi connectivity index (χ1) is 14.6. The second-order valence-electron chi connectivity index (χ2n) is 8.43. The van der Waals surface area contributed by atoms with Crippen LogP contribution in [-0.2, 0) is 25.5 Å². The maximum Gasteiger partial charge on any atom is 0.247 e. The predicted octanol–water partition coefficient (Wildman–Crippen LogP) is 1.82. The number of nitrogens with zero attached hydrogens (tertiary/aromatic N) is 3. The molecule has 0 aliphatic carbocycles. The molecule has 164 valence electrons. The van der Waals surface area contributed by atoms with Crippen LogP contribution in [0.1, 0.15) is 39.1 Å². The highest BCUT2D eigenvalue weighted by atomic mass is 16.5. The molecule has 2 aliphatic rings. The number of amides is 2. The third-order valence-corrected chi connectivity index (χ3v) is 6.14. The molecular formula is C22H26N4O5. The van der Waals surface area contributed by atoms with Gasteiger partial charge in [0.05, 0.1) is 18.2 Å². The first kappa shape index (κ1) is 21.2. The van der Waals surface area contributed by atoms with Crippen molar-refractivity contribution in [1.29, 1.82) is 0 Å². The largest absolute Gasteiger partial charge is 0.421 e. The topological polar surface area (TPSA) is 115 Å². The molecule has 0 unspecified atom stereocenters. The fourth-order valence-electron chi connectivity index (χ4n) is 4.98. The number of hydrogen-bond acceptors (Lipinski definition) is 8. The molecule has 0 radical (unpaired) electrons. The van der Waals surface area contributed by atoms with Crippen LogP contribution in [0.2, 0.25) is 0 Å². The molecule has 2 aromatic rings. The number of fused-ring (bicyclic) bond motifs is 3. The highest BCUT2D eigenvalue weighted by Gasteiger charge is 2.59. The molecule has 9 nitrogen and oxygen atoms in total. The van der Waals surface area contributed by atoms with Crippen molar-refractivity contribution in [3.05, 3.63) is 29.7 Å². The molecule has 1 aromatic carbocycles. The average Bonchev–Trinajstić information content (AvgIpc) is 3.12. The van der Waals surface area contributed by atoms with Crippen molar-refractivity contribution in [1.82, 2.24) is 15.5 Å². The predicted molar refractivity (Wildman–Crippen MR) is 111 cm³/mol. The molecule has 2 amide bonds. The molecule has 1 fully saturated rings. The van der Waals surface area contributed by atoms with Crippen molar-refractivity contribution in [3.63, 3.8) is 0 Å². The SMILES string of the molecule is CC(=O)NC(=O)[C@]1(C(C)=O)Cc2cc(-c3nnc(C)o3)ccc2N2C[C@@H](C)O[C@@H](C)[C@@H]21. The van der Waals surface area contributed by atoms with Crippen molar-refractivity contribution in [2.24, 2.45) is 5.41 Å². The number of morpholine rings is 1. The van der Waals surface area contributed by atoms with Crippen LogP contribution >= 0.6 is 0 Å². The number of aryl methyl sites for hydroxylation is 1. The van der Waals surface area contributed by atoms with Crippen LogP contribution in [0.15, 0.2) is 22.6 Å². The summed E-state index contributed by atoms with van der Waals surface area (Å²) in [7, 11) is 0. The second kappa shape index (κ2) is 7.56. The molecule has 4 atom stereocenters. The Kier molecular flexibility index (Phi) is 5.17. The maximum absolute atomic E-state index is 13.3. The van der Waals surface area contributed by atoms with E-state index in [1.807, 2.05) is 32.0 Å². The first-order valence-corrected chi connectivity index (χ1v) is 10.3. The van der Waals surface area contributed by atoms with Gasteiger partial charge in [0.15, 0.2) is 0 Å². The Balaban J connectivity index is 1.89. The van der Waals surface area contributed by atoms with Gasteiger partial charge in [-0.05, 0) is 51.0 Å². The van der Waals surface area contributed by atoms with Gasteiger partial charge < -0.3 is 14.1 Å². The number of benzene rings is 1. The molecule has 1 aromatic heterocycles. The Hall–Kier alpha value is -3.07. The van der Waals surface area contributed by atoms with Gasteiger partial charge in [-0.2, -0.15) is 0 Å². The highest BCUT2D eigenvalue weighted by Crippen LogP contribution is 2.47. The number of aromatic nitrogens is 2. The van der Waals surface area contributed by atoms with E-state index < -0.39 is 29.4 Å². The Morgan fingerprint density at radius 3 is 2.55 bits per heavy atom. The first-order valence-electron chi connectivity index (χ1n) is 10.3. The molecule has 0 saturated carbocycles. The van der Waals surface area contributed by atoms with Gasteiger partial charge >= 0.3 is 0 Å². The molecule has 4 rings (SSSR count). The Labute approximate surface area is 180 Å². The van der Waals surface area contributed by atoms with E-state index in [2.05, 4.69) is 20.4 Å². The minimum absolute atomic E-state index is 0.0870. The number of ketones is 1. The minimum Gasteiger partial charge on any atom is -0.421 e. The van der Waals surface area contributed by atoms with Crippen LogP contribution in [0.5, 0.6) is 0 Å². The van der Waals surface area contributed by atoms with Gasteiger partial charge in [-0.25, -0.2) is 0 Å². The van der Waals surface area contributed by atoms with Crippen LogP contribution in [0.3, 0.4) is 0 Å². The maximum atomic E-state index is 13.3. The summed E-state index contributed by atoms with van der Waals surface area (Å²) < 4.78 is 11.6. The van der Waals surface area contributed by atoms with Crippen molar-refractivity contribution >= 4 is 23.3 Å². The summed E-state index contributed by atoms with van der Waals surface area (Å²) >= 11 is 0. The molecule has 3 heterocycles. The zero-order chi connectivity index (χ0) is 22.5. The Bertz CT molecular complexity index is 1060. The second-order valence-corrected chi connectivity index (χ2v) is 8.43. The number of carbonyl (C=O) groups is 3.